The van der Waals surface area contributed by atoms with Gasteiger partial charge in [-0.2, -0.15) is 0 Å². The molecule has 0 saturated carbocycles. The van der Waals surface area contributed by atoms with E-state index in [1.54, 1.807) is 14.2 Å². The van der Waals surface area contributed by atoms with Gasteiger partial charge in [-0.1, -0.05) is 13.0 Å². The summed E-state index contributed by atoms with van der Waals surface area (Å²) in [6.45, 7) is 4.30. The number of hydrogen-bond acceptors (Lipinski definition) is 6. The summed E-state index contributed by atoms with van der Waals surface area (Å²) >= 11 is 0. The predicted molar refractivity (Wildman–Crippen MR) is 109 cm³/mol. The van der Waals surface area contributed by atoms with E-state index in [0.29, 0.717) is 30.2 Å². The molecule has 0 aliphatic carbocycles. The van der Waals surface area contributed by atoms with E-state index in [4.69, 9.17) is 9.47 Å². The fraction of sp³-hybridized carbons (Fsp3) is 0.476. The number of hydrogen-bond donors (Lipinski definition) is 1. The van der Waals surface area contributed by atoms with Crippen molar-refractivity contribution in [2.45, 2.75) is 32.6 Å². The lowest BCUT2D eigenvalue weighted by Gasteiger charge is -2.30. The summed E-state index contributed by atoms with van der Waals surface area (Å²) in [4.78, 5) is 14.5. The standard InChI is InChI=1S/C21H28N4O3/c1-15-10-12-25(13-11-15)20-8-7-19(23-24-20)22-21(26)9-5-16-4-6-17(27-2)18(14-16)28-3/h4,6-8,14-15H,5,9-13H2,1-3H3,(H,22,23,26). The SMILES string of the molecule is COc1ccc(CCC(=O)Nc2ccc(N3CCC(C)CC3)nn2)cc1OC. The molecule has 0 unspecified atom stereocenters. The number of methoxy groups -OCH3 is 2. The molecule has 1 amide bonds. The zero-order chi connectivity index (χ0) is 19.9. The van der Waals surface area contributed by atoms with E-state index < -0.39 is 0 Å². The molecule has 1 fully saturated rings. The molecule has 0 spiro atoms. The van der Waals surface area contributed by atoms with Gasteiger partial charge in [-0.3, -0.25) is 4.79 Å². The number of aryl methyl sites for hydroxylation is 1. The normalized spacial score (nSPS) is 14.6. The van der Waals surface area contributed by atoms with Crippen molar-refractivity contribution in [3.8, 4) is 11.5 Å². The molecule has 2 aromatic rings. The number of nitrogens with zero attached hydrogens (tertiary/aromatic N) is 3. The Morgan fingerprint density at radius 3 is 2.50 bits per heavy atom. The number of amides is 1. The maximum absolute atomic E-state index is 12.2. The van der Waals surface area contributed by atoms with E-state index in [0.717, 1.165) is 30.4 Å². The molecule has 1 aromatic carbocycles. The third-order valence-corrected chi connectivity index (χ3v) is 5.11. The highest BCUT2D eigenvalue weighted by Crippen LogP contribution is 2.28. The van der Waals surface area contributed by atoms with Gasteiger partial charge in [-0.15, -0.1) is 10.2 Å². The van der Waals surface area contributed by atoms with Gasteiger partial charge in [0.2, 0.25) is 5.91 Å². The molecule has 2 heterocycles. The number of rotatable bonds is 7. The highest BCUT2D eigenvalue weighted by Gasteiger charge is 2.17. The number of piperidine rings is 1. The molecular formula is C21H28N4O3. The summed E-state index contributed by atoms with van der Waals surface area (Å²) in [6.07, 6.45) is 3.30. The topological polar surface area (TPSA) is 76.6 Å². The maximum Gasteiger partial charge on any atom is 0.225 e. The Morgan fingerprint density at radius 2 is 1.86 bits per heavy atom. The molecule has 1 aliphatic heterocycles. The van der Waals surface area contributed by atoms with Crippen molar-refractivity contribution in [2.24, 2.45) is 5.92 Å². The van der Waals surface area contributed by atoms with Crippen molar-refractivity contribution in [3.05, 3.63) is 35.9 Å². The summed E-state index contributed by atoms with van der Waals surface area (Å²) in [5.74, 6) is 3.36. The van der Waals surface area contributed by atoms with Gasteiger partial charge in [-0.05, 0) is 55.0 Å². The Kier molecular flexibility index (Phi) is 6.68. The Bertz CT molecular complexity index is 787. The first-order chi connectivity index (χ1) is 13.6. The molecule has 1 aliphatic rings. The molecule has 0 bridgehead atoms. The van der Waals surface area contributed by atoms with Crippen molar-refractivity contribution < 1.29 is 14.3 Å². The Labute approximate surface area is 166 Å². The van der Waals surface area contributed by atoms with Gasteiger partial charge in [-0.25, -0.2) is 0 Å². The summed E-state index contributed by atoms with van der Waals surface area (Å²) in [7, 11) is 3.20. The van der Waals surface area contributed by atoms with Crippen LogP contribution in [0.25, 0.3) is 0 Å². The van der Waals surface area contributed by atoms with Crippen LogP contribution in [0.3, 0.4) is 0 Å². The number of nitrogens with one attached hydrogen (secondary N) is 1. The third-order valence-electron chi connectivity index (χ3n) is 5.11. The minimum absolute atomic E-state index is 0.0939. The molecule has 3 rings (SSSR count). The quantitative estimate of drug-likeness (QED) is 0.789. The van der Waals surface area contributed by atoms with Crippen molar-refractivity contribution in [3.63, 3.8) is 0 Å². The number of benzene rings is 1. The fourth-order valence-electron chi connectivity index (χ4n) is 3.30. The van der Waals surface area contributed by atoms with E-state index in [9.17, 15) is 4.79 Å². The van der Waals surface area contributed by atoms with Crippen LogP contribution in [0.15, 0.2) is 30.3 Å². The van der Waals surface area contributed by atoms with Crippen molar-refractivity contribution >= 4 is 17.5 Å². The Morgan fingerprint density at radius 1 is 1.11 bits per heavy atom. The summed E-state index contributed by atoms with van der Waals surface area (Å²) in [5.41, 5.74) is 1.01. The average molecular weight is 384 g/mol. The smallest absolute Gasteiger partial charge is 0.225 e. The minimum atomic E-state index is -0.0939. The predicted octanol–water partition coefficient (Wildman–Crippen LogP) is 3.30. The largest absolute Gasteiger partial charge is 0.493 e. The second-order valence-corrected chi connectivity index (χ2v) is 7.18. The van der Waals surface area contributed by atoms with Gasteiger partial charge in [0.05, 0.1) is 14.2 Å². The van der Waals surface area contributed by atoms with Gasteiger partial charge in [0, 0.05) is 19.5 Å². The number of anilines is 2. The van der Waals surface area contributed by atoms with Crippen LogP contribution in [0.4, 0.5) is 11.6 Å². The second kappa shape index (κ2) is 9.39. The second-order valence-electron chi connectivity index (χ2n) is 7.18. The lowest BCUT2D eigenvalue weighted by atomic mass is 9.99. The summed E-state index contributed by atoms with van der Waals surface area (Å²) < 4.78 is 10.5. The van der Waals surface area contributed by atoms with Crippen molar-refractivity contribution in [1.82, 2.24) is 10.2 Å². The monoisotopic (exact) mass is 384 g/mol. The maximum atomic E-state index is 12.2. The van der Waals surface area contributed by atoms with Crippen LogP contribution in [0, 0.1) is 5.92 Å². The van der Waals surface area contributed by atoms with Crippen LogP contribution in [0.1, 0.15) is 31.7 Å². The van der Waals surface area contributed by atoms with Gasteiger partial charge in [0.15, 0.2) is 23.1 Å². The van der Waals surface area contributed by atoms with Crippen molar-refractivity contribution in [1.29, 1.82) is 0 Å². The summed E-state index contributed by atoms with van der Waals surface area (Å²) in [6, 6.07) is 9.40. The van der Waals surface area contributed by atoms with Crippen LogP contribution in [-0.4, -0.2) is 43.4 Å². The third kappa shape index (κ3) is 5.12. The first-order valence-corrected chi connectivity index (χ1v) is 9.68. The van der Waals surface area contributed by atoms with Crippen LogP contribution >= 0.6 is 0 Å². The van der Waals surface area contributed by atoms with E-state index in [1.165, 1.54) is 12.8 Å². The molecule has 7 nitrogen and oxygen atoms in total. The fourth-order valence-corrected chi connectivity index (χ4v) is 3.30. The molecular weight excluding hydrogens is 356 g/mol. The van der Waals surface area contributed by atoms with Gasteiger partial charge in [0.25, 0.3) is 0 Å². The zero-order valence-corrected chi connectivity index (χ0v) is 16.8. The highest BCUT2D eigenvalue weighted by molar-refractivity contribution is 5.89. The molecule has 7 heteroatoms. The van der Waals surface area contributed by atoms with E-state index in [2.05, 4.69) is 27.3 Å². The van der Waals surface area contributed by atoms with Crippen LogP contribution in [0.5, 0.6) is 11.5 Å². The first kappa shape index (κ1) is 19.9. The van der Waals surface area contributed by atoms with Crippen LogP contribution in [0.2, 0.25) is 0 Å². The first-order valence-electron chi connectivity index (χ1n) is 9.68. The molecule has 1 N–H and O–H groups in total. The van der Waals surface area contributed by atoms with Gasteiger partial charge >= 0.3 is 0 Å². The number of carbonyl (C=O) groups is 1. The van der Waals surface area contributed by atoms with Crippen molar-refractivity contribution in [2.75, 3.05) is 37.5 Å². The van der Waals surface area contributed by atoms with Crippen LogP contribution < -0.4 is 19.7 Å². The lowest BCUT2D eigenvalue weighted by molar-refractivity contribution is -0.116. The molecule has 150 valence electrons. The van der Waals surface area contributed by atoms with Crippen LogP contribution in [-0.2, 0) is 11.2 Å². The molecule has 1 saturated heterocycles. The number of aromatic nitrogens is 2. The Balaban J connectivity index is 1.51. The van der Waals surface area contributed by atoms with Gasteiger partial charge in [0.1, 0.15) is 0 Å². The number of carbonyl (C=O) groups excluding carboxylic acids is 1. The average Bonchev–Trinajstić information content (AvgIpc) is 2.73. The van der Waals surface area contributed by atoms with E-state index in [-0.39, 0.29) is 5.91 Å². The number of ether oxygens (including phenoxy) is 2. The minimum Gasteiger partial charge on any atom is -0.493 e. The molecule has 0 atom stereocenters. The van der Waals surface area contributed by atoms with Gasteiger partial charge < -0.3 is 19.7 Å². The molecule has 28 heavy (non-hydrogen) atoms. The Hall–Kier alpha value is -2.83. The van der Waals surface area contributed by atoms with E-state index in [1.807, 2.05) is 30.3 Å². The molecule has 0 radical (unpaired) electrons. The molecule has 1 aromatic heterocycles. The lowest BCUT2D eigenvalue weighted by Crippen LogP contribution is -2.33. The highest BCUT2D eigenvalue weighted by atomic mass is 16.5. The zero-order valence-electron chi connectivity index (χ0n) is 16.8. The van der Waals surface area contributed by atoms with E-state index >= 15 is 0 Å². The summed E-state index contributed by atoms with van der Waals surface area (Å²) in [5, 5.41) is 11.2.